The number of rotatable bonds is 3. The number of nitrogens with two attached hydrogens (primary N) is 1. The fourth-order valence-corrected chi connectivity index (χ4v) is 0.903. The molecular formula is C7H11N3O3. The number of nitrogens with zero attached hydrogens (tertiary/aromatic N) is 2. The molecule has 1 rings (SSSR count). The number of hydrogen-bond acceptors (Lipinski definition) is 4. The van der Waals surface area contributed by atoms with Crippen molar-refractivity contribution in [3.05, 3.63) is 18.2 Å². The lowest BCUT2D eigenvalue weighted by Crippen LogP contribution is -2.34. The molecule has 0 saturated heterocycles. The summed E-state index contributed by atoms with van der Waals surface area (Å²) in [7, 11) is 1.71. The summed E-state index contributed by atoms with van der Waals surface area (Å²) in [5.41, 5.74) is 5.01. The molecule has 0 radical (unpaired) electrons. The van der Waals surface area contributed by atoms with Gasteiger partial charge < -0.3 is 20.5 Å². The second kappa shape index (κ2) is 3.55. The van der Waals surface area contributed by atoms with Gasteiger partial charge in [0.25, 0.3) is 0 Å². The molecule has 1 aromatic heterocycles. The smallest absolute Gasteiger partial charge is 0.249 e. The van der Waals surface area contributed by atoms with Gasteiger partial charge in [-0.2, -0.15) is 0 Å². The van der Waals surface area contributed by atoms with Gasteiger partial charge in [0.1, 0.15) is 6.10 Å². The van der Waals surface area contributed by atoms with Crippen molar-refractivity contribution >= 4 is 5.91 Å². The molecule has 1 amide bonds. The summed E-state index contributed by atoms with van der Waals surface area (Å²) in [5.74, 6) is -0.974. The van der Waals surface area contributed by atoms with E-state index in [1.165, 1.54) is 12.5 Å². The van der Waals surface area contributed by atoms with Gasteiger partial charge in [-0.3, -0.25) is 4.79 Å². The molecule has 0 aliphatic rings. The van der Waals surface area contributed by atoms with Crippen LogP contribution in [0.4, 0.5) is 0 Å². The molecule has 0 aromatic carbocycles. The Kier molecular flexibility index (Phi) is 2.64. The number of carbonyl (C=O) groups is 1. The SMILES string of the molecule is Cn1cnc(C(O)C(O)C(N)=O)c1. The van der Waals surface area contributed by atoms with Crippen LogP contribution in [0.15, 0.2) is 12.5 Å². The molecule has 0 aliphatic carbocycles. The van der Waals surface area contributed by atoms with Crippen molar-refractivity contribution < 1.29 is 15.0 Å². The third kappa shape index (κ3) is 2.04. The topological polar surface area (TPSA) is 101 Å². The number of amides is 1. The number of hydrogen-bond donors (Lipinski definition) is 3. The number of imidazole rings is 1. The molecule has 2 atom stereocenters. The Morgan fingerprint density at radius 2 is 2.31 bits per heavy atom. The molecule has 2 unspecified atom stereocenters. The van der Waals surface area contributed by atoms with Crippen molar-refractivity contribution in [3.63, 3.8) is 0 Å². The van der Waals surface area contributed by atoms with Crippen molar-refractivity contribution in [2.45, 2.75) is 12.2 Å². The average molecular weight is 185 g/mol. The van der Waals surface area contributed by atoms with Crippen LogP contribution in [0.1, 0.15) is 11.8 Å². The monoisotopic (exact) mass is 185 g/mol. The van der Waals surface area contributed by atoms with Gasteiger partial charge in [-0.15, -0.1) is 0 Å². The molecule has 0 fully saturated rings. The first-order chi connectivity index (χ1) is 6.02. The Morgan fingerprint density at radius 3 is 2.69 bits per heavy atom. The minimum absolute atomic E-state index is 0.216. The van der Waals surface area contributed by atoms with Crippen LogP contribution in [-0.2, 0) is 11.8 Å². The Morgan fingerprint density at radius 1 is 1.69 bits per heavy atom. The minimum Gasteiger partial charge on any atom is -0.383 e. The quantitative estimate of drug-likeness (QED) is 0.522. The Hall–Kier alpha value is -1.40. The van der Waals surface area contributed by atoms with Crippen molar-refractivity contribution in [2.75, 3.05) is 0 Å². The van der Waals surface area contributed by atoms with Gasteiger partial charge in [0.05, 0.1) is 12.0 Å². The average Bonchev–Trinajstić information content (AvgIpc) is 2.49. The molecule has 0 spiro atoms. The number of primary amides is 1. The maximum absolute atomic E-state index is 10.5. The van der Waals surface area contributed by atoms with Gasteiger partial charge in [0.2, 0.25) is 5.91 Å². The Balaban J connectivity index is 2.78. The molecule has 72 valence electrons. The van der Waals surface area contributed by atoms with Gasteiger partial charge >= 0.3 is 0 Å². The van der Waals surface area contributed by atoms with E-state index in [-0.39, 0.29) is 5.69 Å². The van der Waals surface area contributed by atoms with Crippen molar-refractivity contribution in [3.8, 4) is 0 Å². The number of aromatic nitrogens is 2. The lowest BCUT2D eigenvalue weighted by atomic mass is 10.1. The standard InChI is InChI=1S/C7H11N3O3/c1-10-2-4(9-3-10)5(11)6(12)7(8)13/h2-3,5-6,11-12H,1H3,(H2,8,13). The van der Waals surface area contributed by atoms with E-state index >= 15 is 0 Å². The highest BCUT2D eigenvalue weighted by molar-refractivity contribution is 5.79. The number of aliphatic hydroxyl groups is 2. The molecule has 13 heavy (non-hydrogen) atoms. The molecule has 6 nitrogen and oxygen atoms in total. The van der Waals surface area contributed by atoms with Crippen molar-refractivity contribution in [1.82, 2.24) is 9.55 Å². The van der Waals surface area contributed by atoms with E-state index in [1.807, 2.05) is 0 Å². The third-order valence-electron chi connectivity index (χ3n) is 1.62. The molecule has 1 aromatic rings. The van der Waals surface area contributed by atoms with E-state index in [2.05, 4.69) is 4.98 Å². The van der Waals surface area contributed by atoms with Gasteiger partial charge in [-0.05, 0) is 0 Å². The summed E-state index contributed by atoms with van der Waals surface area (Å²) in [5, 5.41) is 18.4. The predicted molar refractivity (Wildman–Crippen MR) is 43.4 cm³/mol. The summed E-state index contributed by atoms with van der Waals surface area (Å²) >= 11 is 0. The van der Waals surface area contributed by atoms with Gasteiger partial charge in [-0.1, -0.05) is 0 Å². The second-order valence-corrected chi connectivity index (χ2v) is 2.76. The van der Waals surface area contributed by atoms with Crippen LogP contribution in [-0.4, -0.2) is 31.8 Å². The highest BCUT2D eigenvalue weighted by Gasteiger charge is 2.24. The Labute approximate surface area is 74.6 Å². The van der Waals surface area contributed by atoms with Crippen LogP contribution in [0.3, 0.4) is 0 Å². The van der Waals surface area contributed by atoms with E-state index in [9.17, 15) is 9.90 Å². The third-order valence-corrected chi connectivity index (χ3v) is 1.62. The van der Waals surface area contributed by atoms with Gasteiger partial charge in [0.15, 0.2) is 6.10 Å². The lowest BCUT2D eigenvalue weighted by molar-refractivity contribution is -0.132. The first kappa shape index (κ1) is 9.69. The van der Waals surface area contributed by atoms with Crippen LogP contribution in [0.5, 0.6) is 0 Å². The van der Waals surface area contributed by atoms with Crippen molar-refractivity contribution in [2.24, 2.45) is 12.8 Å². The van der Waals surface area contributed by atoms with Crippen LogP contribution in [0, 0.1) is 0 Å². The molecule has 1 heterocycles. The van der Waals surface area contributed by atoms with Gasteiger partial charge in [0, 0.05) is 13.2 Å². The van der Waals surface area contributed by atoms with Crippen LogP contribution < -0.4 is 5.73 Å². The molecule has 0 saturated carbocycles. The molecule has 4 N–H and O–H groups in total. The maximum atomic E-state index is 10.5. The minimum atomic E-state index is -1.62. The molecule has 6 heteroatoms. The largest absolute Gasteiger partial charge is 0.383 e. The summed E-state index contributed by atoms with van der Waals surface area (Å²) in [6, 6.07) is 0. The van der Waals surface area contributed by atoms with E-state index < -0.39 is 18.1 Å². The lowest BCUT2D eigenvalue weighted by Gasteiger charge is -2.11. The fourth-order valence-electron chi connectivity index (χ4n) is 0.903. The maximum Gasteiger partial charge on any atom is 0.249 e. The molecular weight excluding hydrogens is 174 g/mol. The van der Waals surface area contributed by atoms with E-state index in [0.29, 0.717) is 0 Å². The first-order valence-electron chi connectivity index (χ1n) is 3.65. The summed E-state index contributed by atoms with van der Waals surface area (Å²) < 4.78 is 1.59. The zero-order valence-corrected chi connectivity index (χ0v) is 7.08. The van der Waals surface area contributed by atoms with Crippen molar-refractivity contribution in [1.29, 1.82) is 0 Å². The number of aryl methyl sites for hydroxylation is 1. The first-order valence-corrected chi connectivity index (χ1v) is 3.65. The van der Waals surface area contributed by atoms with Crippen LogP contribution in [0.2, 0.25) is 0 Å². The van der Waals surface area contributed by atoms with Crippen LogP contribution >= 0.6 is 0 Å². The highest BCUT2D eigenvalue weighted by Crippen LogP contribution is 2.13. The number of carbonyl (C=O) groups excluding carboxylic acids is 1. The zero-order valence-electron chi connectivity index (χ0n) is 7.08. The predicted octanol–water partition coefficient (Wildman–Crippen LogP) is -1.70. The highest BCUT2D eigenvalue weighted by atomic mass is 16.3. The van der Waals surface area contributed by atoms with E-state index in [1.54, 1.807) is 11.6 Å². The van der Waals surface area contributed by atoms with E-state index in [0.717, 1.165) is 0 Å². The Bertz CT molecular complexity index is 310. The van der Waals surface area contributed by atoms with Crippen LogP contribution in [0.25, 0.3) is 0 Å². The molecule has 0 aliphatic heterocycles. The number of aliphatic hydroxyl groups excluding tert-OH is 2. The van der Waals surface area contributed by atoms with Gasteiger partial charge in [-0.25, -0.2) is 4.98 Å². The summed E-state index contributed by atoms with van der Waals surface area (Å²) in [4.78, 5) is 14.3. The fraction of sp³-hybridized carbons (Fsp3) is 0.429. The normalized spacial score (nSPS) is 15.3. The van der Waals surface area contributed by atoms with E-state index in [4.69, 9.17) is 10.8 Å². The summed E-state index contributed by atoms with van der Waals surface area (Å²) in [6.45, 7) is 0. The molecule has 0 bridgehead atoms. The second-order valence-electron chi connectivity index (χ2n) is 2.76. The summed E-state index contributed by atoms with van der Waals surface area (Å²) in [6.07, 6.45) is -0.0306. The zero-order chi connectivity index (χ0) is 10.0.